The van der Waals surface area contributed by atoms with E-state index in [-0.39, 0.29) is 6.54 Å². The summed E-state index contributed by atoms with van der Waals surface area (Å²) >= 11 is 0. The first-order chi connectivity index (χ1) is 7.78. The van der Waals surface area contributed by atoms with Crippen molar-refractivity contribution >= 4 is 5.95 Å². The maximum Gasteiger partial charge on any atom is 0.390 e. The van der Waals surface area contributed by atoms with Crippen LogP contribution in [0, 0.1) is 12.8 Å². The van der Waals surface area contributed by atoms with Crippen molar-refractivity contribution in [2.75, 3.05) is 11.9 Å². The lowest BCUT2D eigenvalue weighted by atomic mass is 10.2. The second kappa shape index (κ2) is 5.42. The first kappa shape index (κ1) is 13.9. The standard InChI is InChI=1S/C11H18F3N3/c1-8(2)6-15-10-16-9(3)7-17(10)5-4-11(12,13)14/h7-8H,4-6H2,1-3H3,(H,15,16). The molecule has 0 amide bonds. The largest absolute Gasteiger partial charge is 0.390 e. The van der Waals surface area contributed by atoms with Crippen molar-refractivity contribution in [1.29, 1.82) is 0 Å². The second-order valence-electron chi connectivity index (χ2n) is 4.54. The predicted octanol–water partition coefficient (Wildman–Crippen LogP) is 3.21. The summed E-state index contributed by atoms with van der Waals surface area (Å²) in [6, 6.07) is 0. The van der Waals surface area contributed by atoms with Crippen LogP contribution in [0.3, 0.4) is 0 Å². The van der Waals surface area contributed by atoms with E-state index >= 15 is 0 Å². The molecule has 0 fully saturated rings. The molecule has 1 N–H and O–H groups in total. The number of aromatic nitrogens is 2. The summed E-state index contributed by atoms with van der Waals surface area (Å²) in [5, 5.41) is 3.05. The highest BCUT2D eigenvalue weighted by atomic mass is 19.4. The molecule has 17 heavy (non-hydrogen) atoms. The molecule has 0 bridgehead atoms. The van der Waals surface area contributed by atoms with E-state index in [2.05, 4.69) is 10.3 Å². The van der Waals surface area contributed by atoms with Gasteiger partial charge in [0.15, 0.2) is 0 Å². The van der Waals surface area contributed by atoms with Crippen LogP contribution in [0.25, 0.3) is 0 Å². The van der Waals surface area contributed by atoms with Gasteiger partial charge in [0.25, 0.3) is 0 Å². The van der Waals surface area contributed by atoms with E-state index in [4.69, 9.17) is 0 Å². The number of alkyl halides is 3. The van der Waals surface area contributed by atoms with Crippen molar-refractivity contribution in [1.82, 2.24) is 9.55 Å². The number of nitrogens with one attached hydrogen (secondary N) is 1. The van der Waals surface area contributed by atoms with Crippen molar-refractivity contribution in [3.8, 4) is 0 Å². The Morgan fingerprint density at radius 2 is 2.06 bits per heavy atom. The van der Waals surface area contributed by atoms with Crippen molar-refractivity contribution in [2.24, 2.45) is 5.92 Å². The monoisotopic (exact) mass is 249 g/mol. The van der Waals surface area contributed by atoms with Gasteiger partial charge in [-0.15, -0.1) is 0 Å². The van der Waals surface area contributed by atoms with Gasteiger partial charge in [0.1, 0.15) is 0 Å². The molecule has 0 aliphatic rings. The first-order valence-corrected chi connectivity index (χ1v) is 5.62. The molecule has 0 spiro atoms. The molecular weight excluding hydrogens is 231 g/mol. The van der Waals surface area contributed by atoms with Gasteiger partial charge in [-0.1, -0.05) is 13.8 Å². The summed E-state index contributed by atoms with van der Waals surface area (Å²) in [7, 11) is 0. The fraction of sp³-hybridized carbons (Fsp3) is 0.727. The summed E-state index contributed by atoms with van der Waals surface area (Å²) in [6.07, 6.45) is -3.33. The van der Waals surface area contributed by atoms with Crippen molar-refractivity contribution in [3.05, 3.63) is 11.9 Å². The van der Waals surface area contributed by atoms with Crippen LogP contribution in [0.5, 0.6) is 0 Å². The Bertz CT molecular complexity index is 355. The average Bonchev–Trinajstić information content (AvgIpc) is 2.52. The number of rotatable bonds is 5. The van der Waals surface area contributed by atoms with Crippen LogP contribution < -0.4 is 5.32 Å². The average molecular weight is 249 g/mol. The molecular formula is C11H18F3N3. The lowest BCUT2D eigenvalue weighted by Crippen LogP contribution is -2.16. The quantitative estimate of drug-likeness (QED) is 0.868. The number of nitrogens with zero attached hydrogens (tertiary/aromatic N) is 2. The van der Waals surface area contributed by atoms with Gasteiger partial charge in [-0.25, -0.2) is 4.98 Å². The van der Waals surface area contributed by atoms with Crippen molar-refractivity contribution < 1.29 is 13.2 Å². The molecule has 0 aliphatic carbocycles. The van der Waals surface area contributed by atoms with E-state index in [0.29, 0.717) is 18.4 Å². The number of hydrogen-bond acceptors (Lipinski definition) is 2. The van der Waals surface area contributed by atoms with Gasteiger partial charge in [0, 0.05) is 19.3 Å². The minimum Gasteiger partial charge on any atom is -0.355 e. The number of aryl methyl sites for hydroxylation is 2. The third-order valence-corrected chi connectivity index (χ3v) is 2.20. The third kappa shape index (κ3) is 5.10. The van der Waals surface area contributed by atoms with E-state index in [1.54, 1.807) is 13.1 Å². The van der Waals surface area contributed by atoms with Gasteiger partial charge >= 0.3 is 6.18 Å². The van der Waals surface area contributed by atoms with Crippen LogP contribution in [0.15, 0.2) is 6.20 Å². The molecule has 0 saturated heterocycles. The molecule has 1 rings (SSSR count). The summed E-state index contributed by atoms with van der Waals surface area (Å²) < 4.78 is 37.9. The van der Waals surface area contributed by atoms with Crippen LogP contribution in [0.2, 0.25) is 0 Å². The highest BCUT2D eigenvalue weighted by molar-refractivity contribution is 5.28. The number of imidazole rings is 1. The fourth-order valence-corrected chi connectivity index (χ4v) is 1.40. The molecule has 1 aromatic rings. The van der Waals surface area contributed by atoms with Crippen molar-refractivity contribution in [2.45, 2.75) is 39.9 Å². The number of anilines is 1. The van der Waals surface area contributed by atoms with Gasteiger partial charge in [0.05, 0.1) is 12.1 Å². The van der Waals surface area contributed by atoms with E-state index in [1.807, 2.05) is 13.8 Å². The minimum atomic E-state index is -4.13. The first-order valence-electron chi connectivity index (χ1n) is 5.62. The lowest BCUT2D eigenvalue weighted by Gasteiger charge is -2.12. The highest BCUT2D eigenvalue weighted by Crippen LogP contribution is 2.21. The topological polar surface area (TPSA) is 29.9 Å². The van der Waals surface area contributed by atoms with E-state index < -0.39 is 12.6 Å². The van der Waals surface area contributed by atoms with Crippen molar-refractivity contribution in [3.63, 3.8) is 0 Å². The maximum absolute atomic E-state index is 12.1. The second-order valence-corrected chi connectivity index (χ2v) is 4.54. The Labute approximate surface area is 99.0 Å². The zero-order chi connectivity index (χ0) is 13.1. The third-order valence-electron chi connectivity index (χ3n) is 2.20. The maximum atomic E-state index is 12.1. The zero-order valence-corrected chi connectivity index (χ0v) is 10.3. The Kier molecular flexibility index (Phi) is 4.42. The zero-order valence-electron chi connectivity index (χ0n) is 10.3. The summed E-state index contributed by atoms with van der Waals surface area (Å²) in [6.45, 7) is 6.43. The molecule has 0 atom stereocenters. The van der Waals surface area contributed by atoms with Crippen LogP contribution in [-0.4, -0.2) is 22.3 Å². The minimum absolute atomic E-state index is 0.0925. The van der Waals surface area contributed by atoms with E-state index in [0.717, 1.165) is 5.69 Å². The Hall–Kier alpha value is -1.20. The van der Waals surface area contributed by atoms with Gasteiger partial charge in [0.2, 0.25) is 5.95 Å². The Balaban J connectivity index is 2.64. The SMILES string of the molecule is Cc1cn(CCC(F)(F)F)c(NCC(C)C)n1. The molecule has 0 aliphatic heterocycles. The highest BCUT2D eigenvalue weighted by Gasteiger charge is 2.27. The van der Waals surface area contributed by atoms with Crippen LogP contribution in [0.1, 0.15) is 26.0 Å². The van der Waals surface area contributed by atoms with Crippen LogP contribution in [-0.2, 0) is 6.54 Å². The summed E-state index contributed by atoms with van der Waals surface area (Å²) in [4.78, 5) is 4.17. The summed E-state index contributed by atoms with van der Waals surface area (Å²) in [5.41, 5.74) is 0.721. The van der Waals surface area contributed by atoms with Gasteiger partial charge in [-0.2, -0.15) is 13.2 Å². The van der Waals surface area contributed by atoms with Gasteiger partial charge in [-0.05, 0) is 12.8 Å². The Morgan fingerprint density at radius 1 is 1.41 bits per heavy atom. The molecule has 98 valence electrons. The van der Waals surface area contributed by atoms with E-state index in [9.17, 15) is 13.2 Å². The normalized spacial score (nSPS) is 12.2. The molecule has 0 aromatic carbocycles. The molecule has 3 nitrogen and oxygen atoms in total. The van der Waals surface area contributed by atoms with Crippen LogP contribution in [0.4, 0.5) is 19.1 Å². The molecule has 0 radical (unpaired) electrons. The number of hydrogen-bond donors (Lipinski definition) is 1. The smallest absolute Gasteiger partial charge is 0.355 e. The summed E-state index contributed by atoms with van der Waals surface area (Å²) in [5.74, 6) is 0.934. The van der Waals surface area contributed by atoms with Gasteiger partial charge < -0.3 is 9.88 Å². The molecule has 6 heteroatoms. The predicted molar refractivity (Wildman–Crippen MR) is 61.0 cm³/mol. The lowest BCUT2D eigenvalue weighted by molar-refractivity contribution is -0.136. The Morgan fingerprint density at radius 3 is 2.59 bits per heavy atom. The molecule has 0 saturated carbocycles. The molecule has 1 heterocycles. The van der Waals surface area contributed by atoms with Crippen LogP contribution >= 0.6 is 0 Å². The molecule has 0 unspecified atom stereocenters. The number of halogens is 3. The fourth-order valence-electron chi connectivity index (χ4n) is 1.40. The van der Waals surface area contributed by atoms with Gasteiger partial charge in [-0.3, -0.25) is 0 Å². The molecule has 1 aromatic heterocycles. The van der Waals surface area contributed by atoms with E-state index in [1.165, 1.54) is 4.57 Å².